The molecule has 41 heavy (non-hydrogen) atoms. The predicted molar refractivity (Wildman–Crippen MR) is 186 cm³/mol. The first-order valence-corrected chi connectivity index (χ1v) is 19.5. The zero-order valence-electron chi connectivity index (χ0n) is 29.0. The van der Waals surface area contributed by atoms with Crippen molar-refractivity contribution >= 4 is 0 Å². The Bertz CT molecular complexity index is 530. The van der Waals surface area contributed by atoms with Gasteiger partial charge in [-0.15, -0.1) is 0 Å². The zero-order valence-corrected chi connectivity index (χ0v) is 29.0. The molecule has 0 fully saturated rings. The second kappa shape index (κ2) is 30.8. The van der Waals surface area contributed by atoms with Crippen molar-refractivity contribution in [2.24, 2.45) is 0 Å². The first-order chi connectivity index (χ1) is 20.3. The standard InChI is InChI=1S/C39H78N2/c1-4-7-9-11-13-15-17-19-21-22-24-26-28-30-32-34-39-40(35-6-3)37-38-41(39)36-33-31-29-27-25-23-20-18-16-14-12-10-8-5-2/h37-39H,4-36H2,1-3H3. The first-order valence-electron chi connectivity index (χ1n) is 19.5. The molecule has 0 aromatic rings. The van der Waals surface area contributed by atoms with Crippen LogP contribution in [0.1, 0.15) is 220 Å². The van der Waals surface area contributed by atoms with E-state index in [1.54, 1.807) is 0 Å². The summed E-state index contributed by atoms with van der Waals surface area (Å²) < 4.78 is 0. The number of nitrogens with zero attached hydrogens (tertiary/aromatic N) is 2. The van der Waals surface area contributed by atoms with Gasteiger partial charge >= 0.3 is 0 Å². The fourth-order valence-corrected chi connectivity index (χ4v) is 6.78. The summed E-state index contributed by atoms with van der Waals surface area (Å²) in [6.07, 6.45) is 50.1. The Morgan fingerprint density at radius 2 is 0.610 bits per heavy atom. The van der Waals surface area contributed by atoms with Crippen LogP contribution in [-0.4, -0.2) is 29.1 Å². The van der Waals surface area contributed by atoms with E-state index in [0.29, 0.717) is 6.17 Å². The van der Waals surface area contributed by atoms with Crippen LogP contribution in [0.15, 0.2) is 12.4 Å². The molecule has 2 nitrogen and oxygen atoms in total. The average molecular weight is 575 g/mol. The summed E-state index contributed by atoms with van der Waals surface area (Å²) in [5, 5.41) is 0. The van der Waals surface area contributed by atoms with Gasteiger partial charge in [0.2, 0.25) is 0 Å². The van der Waals surface area contributed by atoms with Crippen molar-refractivity contribution in [1.82, 2.24) is 9.80 Å². The van der Waals surface area contributed by atoms with E-state index in [2.05, 4.69) is 43.0 Å². The van der Waals surface area contributed by atoms with Crippen molar-refractivity contribution < 1.29 is 0 Å². The molecule has 1 rings (SSSR count). The molecule has 244 valence electrons. The van der Waals surface area contributed by atoms with E-state index < -0.39 is 0 Å². The SMILES string of the molecule is CCCCCCCCCCCCCCCCCC1N(CCC)C=CN1CCCCCCCCCCCCCCCC. The van der Waals surface area contributed by atoms with Crippen molar-refractivity contribution in [3.05, 3.63) is 12.4 Å². The maximum Gasteiger partial charge on any atom is 0.101 e. The summed E-state index contributed by atoms with van der Waals surface area (Å²) in [7, 11) is 0. The van der Waals surface area contributed by atoms with E-state index in [-0.39, 0.29) is 0 Å². The molecule has 0 bridgehead atoms. The molecule has 1 heterocycles. The van der Waals surface area contributed by atoms with Crippen LogP contribution in [0, 0.1) is 0 Å². The van der Waals surface area contributed by atoms with Crippen molar-refractivity contribution in [3.63, 3.8) is 0 Å². The molecule has 2 heteroatoms. The Kier molecular flexibility index (Phi) is 28.8. The molecule has 0 aliphatic carbocycles. The fraction of sp³-hybridized carbons (Fsp3) is 0.949. The summed E-state index contributed by atoms with van der Waals surface area (Å²) in [5.74, 6) is 0. The number of hydrogen-bond acceptors (Lipinski definition) is 2. The van der Waals surface area contributed by atoms with E-state index in [1.165, 1.54) is 212 Å². The van der Waals surface area contributed by atoms with E-state index in [9.17, 15) is 0 Å². The number of hydrogen-bond donors (Lipinski definition) is 0. The molecule has 1 atom stereocenters. The molecule has 0 radical (unpaired) electrons. The third-order valence-corrected chi connectivity index (χ3v) is 9.53. The Morgan fingerprint density at radius 3 is 0.951 bits per heavy atom. The van der Waals surface area contributed by atoms with Crippen molar-refractivity contribution in [2.75, 3.05) is 13.1 Å². The minimum Gasteiger partial charge on any atom is -0.356 e. The van der Waals surface area contributed by atoms with Crippen LogP contribution in [0.4, 0.5) is 0 Å². The van der Waals surface area contributed by atoms with Crippen LogP contribution in [0.3, 0.4) is 0 Å². The van der Waals surface area contributed by atoms with Crippen LogP contribution in [0.5, 0.6) is 0 Å². The van der Waals surface area contributed by atoms with Gasteiger partial charge in [-0.05, 0) is 25.7 Å². The van der Waals surface area contributed by atoms with Gasteiger partial charge in [0.1, 0.15) is 6.17 Å². The van der Waals surface area contributed by atoms with Crippen molar-refractivity contribution in [1.29, 1.82) is 0 Å². The molecule has 0 saturated carbocycles. The molecule has 1 aliphatic heterocycles. The minimum absolute atomic E-state index is 0.638. The van der Waals surface area contributed by atoms with Gasteiger partial charge in [0, 0.05) is 25.5 Å². The van der Waals surface area contributed by atoms with Gasteiger partial charge in [0.15, 0.2) is 0 Å². The van der Waals surface area contributed by atoms with Crippen molar-refractivity contribution in [2.45, 2.75) is 226 Å². The minimum atomic E-state index is 0.638. The van der Waals surface area contributed by atoms with Crippen LogP contribution in [0.25, 0.3) is 0 Å². The summed E-state index contributed by atoms with van der Waals surface area (Å²) >= 11 is 0. The zero-order chi connectivity index (χ0) is 29.5. The molecule has 0 spiro atoms. The lowest BCUT2D eigenvalue weighted by atomic mass is 10.0. The highest BCUT2D eigenvalue weighted by atomic mass is 15.4. The van der Waals surface area contributed by atoms with E-state index in [4.69, 9.17) is 0 Å². The second-order valence-corrected chi connectivity index (χ2v) is 13.6. The van der Waals surface area contributed by atoms with Crippen LogP contribution in [-0.2, 0) is 0 Å². The van der Waals surface area contributed by atoms with E-state index in [0.717, 1.165) is 0 Å². The Morgan fingerprint density at radius 1 is 0.317 bits per heavy atom. The van der Waals surface area contributed by atoms with Gasteiger partial charge < -0.3 is 9.80 Å². The molecule has 0 saturated heterocycles. The molecule has 0 N–H and O–H groups in total. The largest absolute Gasteiger partial charge is 0.356 e. The Hall–Kier alpha value is -0.660. The molecule has 1 aliphatic rings. The Balaban J connectivity index is 1.98. The predicted octanol–water partition coefficient (Wildman–Crippen LogP) is 13.6. The first kappa shape index (κ1) is 38.4. The highest BCUT2D eigenvalue weighted by Gasteiger charge is 2.24. The lowest BCUT2D eigenvalue weighted by Gasteiger charge is -2.33. The number of rotatable bonds is 33. The normalized spacial score (nSPS) is 15.0. The lowest BCUT2D eigenvalue weighted by Crippen LogP contribution is -2.39. The molecule has 0 aromatic carbocycles. The summed E-state index contributed by atoms with van der Waals surface area (Å²) in [6, 6.07) is 0. The van der Waals surface area contributed by atoms with Crippen molar-refractivity contribution in [3.8, 4) is 0 Å². The molecule has 1 unspecified atom stereocenters. The van der Waals surface area contributed by atoms with Gasteiger partial charge in [0.05, 0.1) is 0 Å². The van der Waals surface area contributed by atoms with Gasteiger partial charge in [-0.2, -0.15) is 0 Å². The molecule has 0 aromatic heterocycles. The van der Waals surface area contributed by atoms with Gasteiger partial charge in [-0.25, -0.2) is 0 Å². The van der Waals surface area contributed by atoms with Gasteiger partial charge in [-0.3, -0.25) is 0 Å². The topological polar surface area (TPSA) is 6.48 Å². The smallest absolute Gasteiger partial charge is 0.101 e. The maximum atomic E-state index is 2.68. The second-order valence-electron chi connectivity index (χ2n) is 13.6. The highest BCUT2D eigenvalue weighted by Crippen LogP contribution is 2.23. The lowest BCUT2D eigenvalue weighted by molar-refractivity contribution is 0.137. The van der Waals surface area contributed by atoms with Crippen LogP contribution in [0.2, 0.25) is 0 Å². The quantitative estimate of drug-likeness (QED) is 0.0719. The molecule has 0 amide bonds. The average Bonchev–Trinajstić information content (AvgIpc) is 3.36. The summed E-state index contributed by atoms with van der Waals surface area (Å²) in [5.41, 5.74) is 0. The van der Waals surface area contributed by atoms with E-state index in [1.807, 2.05) is 0 Å². The number of unbranched alkanes of at least 4 members (excludes halogenated alkanes) is 27. The third-order valence-electron chi connectivity index (χ3n) is 9.53. The monoisotopic (exact) mass is 575 g/mol. The molecular formula is C39H78N2. The van der Waals surface area contributed by atoms with Crippen LogP contribution >= 0.6 is 0 Å². The highest BCUT2D eigenvalue weighted by molar-refractivity contribution is 4.96. The maximum absolute atomic E-state index is 2.68. The summed E-state index contributed by atoms with van der Waals surface area (Å²) in [6.45, 7) is 9.43. The molecular weight excluding hydrogens is 496 g/mol. The van der Waals surface area contributed by atoms with Crippen LogP contribution < -0.4 is 0 Å². The summed E-state index contributed by atoms with van der Waals surface area (Å²) in [4.78, 5) is 5.31. The van der Waals surface area contributed by atoms with Gasteiger partial charge in [0.25, 0.3) is 0 Å². The van der Waals surface area contributed by atoms with E-state index >= 15 is 0 Å². The third kappa shape index (κ3) is 23.5. The Labute approximate surface area is 260 Å². The van der Waals surface area contributed by atoms with Gasteiger partial charge in [-0.1, -0.05) is 194 Å². The fourth-order valence-electron chi connectivity index (χ4n) is 6.78.